The van der Waals surface area contributed by atoms with Gasteiger partial charge in [-0.15, -0.1) is 0 Å². The first-order valence-corrected chi connectivity index (χ1v) is 32.6. The van der Waals surface area contributed by atoms with Gasteiger partial charge in [-0.25, -0.2) is 0 Å². The normalized spacial score (nSPS) is 13.3. The maximum absolute atomic E-state index is 12.9. The molecule has 0 N–H and O–H groups in total. The molecule has 0 fully saturated rings. The van der Waals surface area contributed by atoms with Gasteiger partial charge in [0.15, 0.2) is 6.10 Å². The summed E-state index contributed by atoms with van der Waals surface area (Å²) in [5.74, 6) is -1.04. The van der Waals surface area contributed by atoms with Crippen LogP contribution in [0.2, 0.25) is 0 Å². The van der Waals surface area contributed by atoms with E-state index in [0.29, 0.717) is 19.3 Å². The Kier molecular flexibility index (Phi) is 62.9. The number of carbonyl (C=O) groups excluding carboxylic acids is 3. The molecule has 0 aromatic heterocycles. The summed E-state index contributed by atoms with van der Waals surface area (Å²) in [7, 11) is 0. The minimum atomic E-state index is -0.839. The average molecular weight is 1120 g/mol. The van der Waals surface area contributed by atoms with E-state index in [-0.39, 0.29) is 31.6 Å². The number of rotatable bonds is 57. The van der Waals surface area contributed by atoms with E-state index in [0.717, 1.165) is 135 Å². The zero-order valence-electron chi connectivity index (χ0n) is 52.0. The number of allylic oxidation sites excluding steroid dienone is 28. The maximum atomic E-state index is 12.9. The van der Waals surface area contributed by atoms with Crippen LogP contribution in [0, 0.1) is 0 Å². The van der Waals surface area contributed by atoms with Crippen molar-refractivity contribution >= 4 is 17.9 Å². The van der Waals surface area contributed by atoms with Crippen LogP contribution in [0.25, 0.3) is 0 Å². The van der Waals surface area contributed by atoms with Crippen LogP contribution in [0.5, 0.6) is 0 Å². The lowest BCUT2D eigenvalue weighted by Gasteiger charge is -2.18. The van der Waals surface area contributed by atoms with Crippen LogP contribution in [-0.2, 0) is 28.6 Å². The quantitative estimate of drug-likeness (QED) is 0.0261. The molecule has 6 heteroatoms. The zero-order chi connectivity index (χ0) is 58.5. The van der Waals surface area contributed by atoms with Crippen molar-refractivity contribution < 1.29 is 28.6 Å². The third-order valence-electron chi connectivity index (χ3n) is 13.2. The van der Waals surface area contributed by atoms with Gasteiger partial charge in [0.05, 0.1) is 0 Å². The summed E-state index contributed by atoms with van der Waals surface area (Å²) in [6.07, 6.45) is 99.6. The second-order valence-corrected chi connectivity index (χ2v) is 20.9. The summed E-state index contributed by atoms with van der Waals surface area (Å²) in [5, 5.41) is 0. The Morgan fingerprint density at radius 1 is 0.247 bits per heavy atom. The number of hydrogen-bond donors (Lipinski definition) is 0. The molecule has 81 heavy (non-hydrogen) atoms. The molecule has 0 saturated heterocycles. The molecular formula is C75H118O6. The second-order valence-electron chi connectivity index (χ2n) is 20.9. The van der Waals surface area contributed by atoms with Gasteiger partial charge in [0, 0.05) is 19.3 Å². The molecule has 0 saturated carbocycles. The SMILES string of the molecule is CC/C=C\C/C=C\C/C=C\C/C=C\C/C=C\C/C=C\CCC(=O)OC(COC(=O)CCCCC/C=C\C/C=C\C/C=C\CC)COC(=O)CCCCCCCCCCCCCCCCC/C=C\C/C=C\C/C=C\C/C=C\C/C=C\CC. The highest BCUT2D eigenvalue weighted by Crippen LogP contribution is 2.15. The van der Waals surface area contributed by atoms with Crippen molar-refractivity contribution in [3.8, 4) is 0 Å². The van der Waals surface area contributed by atoms with Crippen LogP contribution >= 0.6 is 0 Å². The van der Waals surface area contributed by atoms with E-state index in [9.17, 15) is 14.4 Å². The Balaban J connectivity index is 4.35. The standard InChI is InChI=1S/C75H118O6/c1-4-7-10-13-16-19-22-25-27-29-31-32-33-34-35-36-37-38-39-40-41-42-44-45-47-50-53-56-59-62-65-68-74(77)80-71-72(70-79-73(76)67-64-61-58-55-52-49-24-21-18-15-12-9-6-3)81-75(78)69-66-63-60-57-54-51-48-46-43-30-28-26-23-20-17-14-11-8-5-2/h7-12,16-21,25-28,31-32,34-35,43,46,49,51-52,54,60,63,72H,4-6,13-15,22-24,29-30,33,36-42,44-45,47-48,50,53,55-59,61-62,64-71H2,1-3H3/b10-7-,11-8-,12-9-,19-16-,20-17-,21-18-,27-25-,28-26-,32-31-,35-34-,46-43-,52-49-,54-51-,63-60-. The van der Waals surface area contributed by atoms with Crippen molar-refractivity contribution in [1.82, 2.24) is 0 Å². The fourth-order valence-electron chi connectivity index (χ4n) is 8.45. The van der Waals surface area contributed by atoms with E-state index in [2.05, 4.69) is 179 Å². The summed E-state index contributed by atoms with van der Waals surface area (Å²) in [4.78, 5) is 38.3. The molecule has 0 heterocycles. The molecule has 0 aliphatic carbocycles. The molecule has 0 radical (unpaired) electrons. The predicted molar refractivity (Wildman–Crippen MR) is 352 cm³/mol. The van der Waals surface area contributed by atoms with E-state index in [1.165, 1.54) is 83.5 Å². The molecule has 0 aliphatic heterocycles. The van der Waals surface area contributed by atoms with Crippen LogP contribution in [0.4, 0.5) is 0 Å². The van der Waals surface area contributed by atoms with Crippen molar-refractivity contribution in [3.63, 3.8) is 0 Å². The van der Waals surface area contributed by atoms with Gasteiger partial charge >= 0.3 is 17.9 Å². The van der Waals surface area contributed by atoms with Crippen LogP contribution < -0.4 is 0 Å². The number of unbranched alkanes of at least 4 members (excludes halogenated alkanes) is 18. The van der Waals surface area contributed by atoms with E-state index < -0.39 is 12.1 Å². The summed E-state index contributed by atoms with van der Waals surface area (Å²) >= 11 is 0. The van der Waals surface area contributed by atoms with Gasteiger partial charge in [-0.05, 0) is 135 Å². The van der Waals surface area contributed by atoms with Gasteiger partial charge in [0.2, 0.25) is 0 Å². The fourth-order valence-corrected chi connectivity index (χ4v) is 8.45. The highest BCUT2D eigenvalue weighted by Gasteiger charge is 2.19. The molecule has 454 valence electrons. The third kappa shape index (κ3) is 65.5. The van der Waals surface area contributed by atoms with Crippen LogP contribution in [0.15, 0.2) is 170 Å². The van der Waals surface area contributed by atoms with Crippen molar-refractivity contribution in [3.05, 3.63) is 170 Å². The summed E-state index contributed by atoms with van der Waals surface area (Å²) in [6, 6.07) is 0. The molecule has 0 aromatic rings. The molecule has 0 spiro atoms. The Labute approximate surface area is 498 Å². The monoisotopic (exact) mass is 1110 g/mol. The smallest absolute Gasteiger partial charge is 0.306 e. The Hall–Kier alpha value is -5.23. The number of carbonyl (C=O) groups is 3. The lowest BCUT2D eigenvalue weighted by atomic mass is 10.0. The number of hydrogen-bond acceptors (Lipinski definition) is 6. The van der Waals surface area contributed by atoms with Gasteiger partial charge in [-0.2, -0.15) is 0 Å². The third-order valence-corrected chi connectivity index (χ3v) is 13.2. The Morgan fingerprint density at radius 2 is 0.469 bits per heavy atom. The average Bonchev–Trinajstić information content (AvgIpc) is 3.46. The number of esters is 3. The van der Waals surface area contributed by atoms with Gasteiger partial charge in [0.25, 0.3) is 0 Å². The van der Waals surface area contributed by atoms with Crippen molar-refractivity contribution in [2.45, 2.75) is 271 Å². The van der Waals surface area contributed by atoms with E-state index >= 15 is 0 Å². The molecule has 1 atom stereocenters. The second kappa shape index (κ2) is 67.3. The van der Waals surface area contributed by atoms with E-state index in [1.807, 2.05) is 12.2 Å². The molecular weight excluding hydrogens is 997 g/mol. The first-order valence-electron chi connectivity index (χ1n) is 32.6. The molecule has 6 nitrogen and oxygen atoms in total. The fraction of sp³-hybridized carbons (Fsp3) is 0.587. The Bertz CT molecular complexity index is 1860. The van der Waals surface area contributed by atoms with Gasteiger partial charge in [0.1, 0.15) is 13.2 Å². The van der Waals surface area contributed by atoms with Crippen molar-refractivity contribution in [2.75, 3.05) is 13.2 Å². The molecule has 0 aromatic carbocycles. The minimum absolute atomic E-state index is 0.124. The minimum Gasteiger partial charge on any atom is -0.462 e. The van der Waals surface area contributed by atoms with Crippen molar-refractivity contribution in [1.29, 1.82) is 0 Å². The first-order chi connectivity index (χ1) is 40.0. The predicted octanol–water partition coefficient (Wildman–Crippen LogP) is 22.7. The topological polar surface area (TPSA) is 78.9 Å². The molecule has 0 aliphatic rings. The zero-order valence-corrected chi connectivity index (χ0v) is 52.0. The number of ether oxygens (including phenoxy) is 3. The molecule has 0 amide bonds. The molecule has 0 rings (SSSR count). The van der Waals surface area contributed by atoms with E-state index in [1.54, 1.807) is 0 Å². The Morgan fingerprint density at radius 3 is 0.753 bits per heavy atom. The highest BCUT2D eigenvalue weighted by molar-refractivity contribution is 5.71. The lowest BCUT2D eigenvalue weighted by molar-refractivity contribution is -0.166. The summed E-state index contributed by atoms with van der Waals surface area (Å²) in [5.41, 5.74) is 0. The van der Waals surface area contributed by atoms with Crippen LogP contribution in [0.1, 0.15) is 265 Å². The first kappa shape index (κ1) is 75.8. The summed E-state index contributed by atoms with van der Waals surface area (Å²) in [6.45, 7) is 6.21. The van der Waals surface area contributed by atoms with E-state index in [4.69, 9.17) is 14.2 Å². The van der Waals surface area contributed by atoms with Gasteiger partial charge in [-0.3, -0.25) is 14.4 Å². The van der Waals surface area contributed by atoms with Crippen molar-refractivity contribution in [2.24, 2.45) is 0 Å². The highest BCUT2D eigenvalue weighted by atomic mass is 16.6. The lowest BCUT2D eigenvalue weighted by Crippen LogP contribution is -2.30. The van der Waals surface area contributed by atoms with Gasteiger partial charge in [-0.1, -0.05) is 281 Å². The van der Waals surface area contributed by atoms with Crippen LogP contribution in [-0.4, -0.2) is 37.2 Å². The molecule has 1 unspecified atom stereocenters. The summed E-state index contributed by atoms with van der Waals surface area (Å²) < 4.78 is 16.8. The largest absolute Gasteiger partial charge is 0.462 e. The maximum Gasteiger partial charge on any atom is 0.306 e. The molecule has 0 bridgehead atoms. The van der Waals surface area contributed by atoms with Crippen LogP contribution in [0.3, 0.4) is 0 Å². The van der Waals surface area contributed by atoms with Gasteiger partial charge < -0.3 is 14.2 Å².